The van der Waals surface area contributed by atoms with Crippen molar-refractivity contribution < 1.29 is 4.43 Å². The van der Waals surface area contributed by atoms with Crippen LogP contribution in [0, 0.1) is 0 Å². The van der Waals surface area contributed by atoms with Crippen molar-refractivity contribution in [3.63, 3.8) is 0 Å². The molecule has 0 fully saturated rings. The molecule has 0 aromatic carbocycles. The molecule has 0 aromatic rings. The van der Waals surface area contributed by atoms with Gasteiger partial charge in [-0.2, -0.15) is 0 Å². The quantitative estimate of drug-likeness (QED) is 0.497. The third-order valence-electron chi connectivity index (χ3n) is 2.07. The van der Waals surface area contributed by atoms with E-state index in [1.54, 1.807) is 0 Å². The van der Waals surface area contributed by atoms with Crippen LogP contribution >= 0.6 is 0 Å². The van der Waals surface area contributed by atoms with E-state index in [9.17, 15) is 0 Å². The number of nitrogens with zero attached hydrogens (tertiary/aromatic N) is 1. The lowest BCUT2D eigenvalue weighted by atomic mass is 10.2. The van der Waals surface area contributed by atoms with Crippen molar-refractivity contribution in [3.05, 3.63) is 0 Å². The first kappa shape index (κ1) is 13.1. The van der Waals surface area contributed by atoms with Gasteiger partial charge in [0.1, 0.15) is 10.5 Å². The molecular formula is C9H24N2OSi. The molecule has 80 valence electrons. The Morgan fingerprint density at radius 3 is 1.92 bits per heavy atom. The third-order valence-corrected chi connectivity index (χ3v) is 2.51. The average Bonchev–Trinajstić information content (AvgIpc) is 2.02. The van der Waals surface area contributed by atoms with Gasteiger partial charge in [-0.1, -0.05) is 6.92 Å². The van der Waals surface area contributed by atoms with Crippen LogP contribution in [-0.4, -0.2) is 40.4 Å². The summed E-state index contributed by atoms with van der Waals surface area (Å²) in [5, 5.41) is 3.33. The van der Waals surface area contributed by atoms with Crippen LogP contribution in [0.4, 0.5) is 0 Å². The molecular weight excluding hydrogens is 180 g/mol. The van der Waals surface area contributed by atoms with Crippen LogP contribution in [0.3, 0.4) is 0 Å². The Labute approximate surface area is 85.4 Å². The van der Waals surface area contributed by atoms with Crippen molar-refractivity contribution >= 4 is 10.5 Å². The second kappa shape index (κ2) is 6.54. The summed E-state index contributed by atoms with van der Waals surface area (Å²) in [6, 6.07) is 1.02. The van der Waals surface area contributed by atoms with E-state index in [4.69, 9.17) is 4.43 Å². The fourth-order valence-electron chi connectivity index (χ4n) is 1.62. The summed E-state index contributed by atoms with van der Waals surface area (Å²) in [5.74, 6) is 0. The van der Waals surface area contributed by atoms with Crippen LogP contribution in [0.25, 0.3) is 0 Å². The van der Waals surface area contributed by atoms with Crippen molar-refractivity contribution in [3.8, 4) is 0 Å². The van der Waals surface area contributed by atoms with Gasteiger partial charge in [-0.05, 0) is 34.2 Å². The van der Waals surface area contributed by atoms with Gasteiger partial charge in [-0.3, -0.25) is 10.2 Å². The molecule has 0 aromatic heterocycles. The summed E-state index contributed by atoms with van der Waals surface area (Å²) in [5.41, 5.74) is 0. The van der Waals surface area contributed by atoms with Crippen LogP contribution in [0.1, 0.15) is 34.6 Å². The number of hydrogen-bond donors (Lipinski definition) is 1. The lowest BCUT2D eigenvalue weighted by Gasteiger charge is -2.37. The first-order chi connectivity index (χ1) is 6.04. The minimum absolute atomic E-state index is 0.0941. The van der Waals surface area contributed by atoms with Crippen LogP contribution in [0.15, 0.2) is 0 Å². The first-order valence-corrected chi connectivity index (χ1v) is 5.89. The molecule has 0 spiro atoms. The Bertz CT molecular complexity index is 123. The molecule has 1 N–H and O–H groups in total. The summed E-state index contributed by atoms with van der Waals surface area (Å²) in [7, 11) is 0.772. The van der Waals surface area contributed by atoms with E-state index in [1.807, 2.05) is 0 Å². The Morgan fingerprint density at radius 2 is 1.69 bits per heavy atom. The fraction of sp³-hybridized carbons (Fsp3) is 1.00. The van der Waals surface area contributed by atoms with E-state index in [1.165, 1.54) is 0 Å². The molecule has 0 rings (SSSR count). The predicted octanol–water partition coefficient (Wildman–Crippen LogP) is 0.295. The highest BCUT2D eigenvalue weighted by Crippen LogP contribution is 2.08. The second-order valence-electron chi connectivity index (χ2n) is 3.78. The molecule has 1 unspecified atom stereocenters. The van der Waals surface area contributed by atoms with Gasteiger partial charge in [0.05, 0.1) is 0 Å². The van der Waals surface area contributed by atoms with E-state index in [0.29, 0.717) is 12.1 Å². The van der Waals surface area contributed by atoms with Gasteiger partial charge in [0.25, 0.3) is 0 Å². The van der Waals surface area contributed by atoms with E-state index in [-0.39, 0.29) is 6.35 Å². The molecule has 0 saturated heterocycles. The smallest absolute Gasteiger partial charge is 0.155 e. The Hall–Kier alpha value is 0.0969. The van der Waals surface area contributed by atoms with Crippen molar-refractivity contribution in [1.29, 1.82) is 0 Å². The Morgan fingerprint density at radius 1 is 1.23 bits per heavy atom. The molecule has 0 amide bonds. The van der Waals surface area contributed by atoms with Gasteiger partial charge >= 0.3 is 0 Å². The molecule has 13 heavy (non-hydrogen) atoms. The zero-order chi connectivity index (χ0) is 10.4. The molecule has 0 heterocycles. The monoisotopic (exact) mass is 204 g/mol. The highest BCUT2D eigenvalue weighted by molar-refractivity contribution is 5.98. The van der Waals surface area contributed by atoms with Crippen LogP contribution in [0.2, 0.25) is 0 Å². The zero-order valence-corrected chi connectivity index (χ0v) is 11.8. The van der Waals surface area contributed by atoms with Crippen molar-refractivity contribution in [2.45, 2.75) is 53.1 Å². The van der Waals surface area contributed by atoms with Gasteiger partial charge in [0.15, 0.2) is 6.35 Å². The highest BCUT2D eigenvalue weighted by atomic mass is 28.2. The van der Waals surface area contributed by atoms with E-state index < -0.39 is 0 Å². The zero-order valence-electron chi connectivity index (χ0n) is 9.79. The second-order valence-corrected chi connectivity index (χ2v) is 4.25. The maximum absolute atomic E-state index is 5.53. The summed E-state index contributed by atoms with van der Waals surface area (Å²) in [4.78, 5) is 2.34. The number of hydrogen-bond acceptors (Lipinski definition) is 3. The summed E-state index contributed by atoms with van der Waals surface area (Å²) in [6.07, 6.45) is 0.0941. The Balaban J connectivity index is 4.30. The van der Waals surface area contributed by atoms with Crippen LogP contribution in [-0.2, 0) is 4.43 Å². The topological polar surface area (TPSA) is 24.5 Å². The van der Waals surface area contributed by atoms with Gasteiger partial charge in [-0.15, -0.1) is 0 Å². The SMILES string of the molecule is CCNC(O[SiH3])N(C(C)C)C(C)C. The largest absolute Gasteiger partial charge is 0.401 e. The normalized spacial score (nSPS) is 14.8. The molecule has 0 aliphatic rings. The van der Waals surface area contributed by atoms with E-state index >= 15 is 0 Å². The molecule has 0 radical (unpaired) electrons. The number of nitrogens with one attached hydrogen (secondary N) is 1. The lowest BCUT2D eigenvalue weighted by molar-refractivity contribution is -0.0351. The third kappa shape index (κ3) is 4.22. The van der Waals surface area contributed by atoms with Crippen LogP contribution < -0.4 is 5.32 Å². The molecule has 0 aliphatic carbocycles. The lowest BCUT2D eigenvalue weighted by Crippen LogP contribution is -2.53. The van der Waals surface area contributed by atoms with Crippen molar-refractivity contribution in [1.82, 2.24) is 10.2 Å². The van der Waals surface area contributed by atoms with E-state index in [0.717, 1.165) is 17.0 Å². The van der Waals surface area contributed by atoms with E-state index in [2.05, 4.69) is 44.8 Å². The summed E-state index contributed by atoms with van der Waals surface area (Å²) in [6.45, 7) is 11.8. The van der Waals surface area contributed by atoms with Gasteiger partial charge in [-0.25, -0.2) is 0 Å². The molecule has 0 bridgehead atoms. The van der Waals surface area contributed by atoms with Crippen molar-refractivity contribution in [2.75, 3.05) is 6.54 Å². The molecule has 1 atom stereocenters. The summed E-state index contributed by atoms with van der Waals surface area (Å²) >= 11 is 0. The predicted molar refractivity (Wildman–Crippen MR) is 60.6 cm³/mol. The minimum Gasteiger partial charge on any atom is -0.401 e. The minimum atomic E-state index is 0.0941. The van der Waals surface area contributed by atoms with Crippen molar-refractivity contribution in [2.24, 2.45) is 0 Å². The molecule has 4 heteroatoms. The number of rotatable bonds is 6. The Kier molecular flexibility index (Phi) is 6.58. The van der Waals surface area contributed by atoms with Gasteiger partial charge < -0.3 is 4.43 Å². The maximum Gasteiger partial charge on any atom is 0.155 e. The highest BCUT2D eigenvalue weighted by Gasteiger charge is 2.21. The summed E-state index contributed by atoms with van der Waals surface area (Å²) < 4.78 is 5.53. The van der Waals surface area contributed by atoms with Gasteiger partial charge in [0, 0.05) is 12.1 Å². The molecule has 3 nitrogen and oxygen atoms in total. The standard InChI is InChI=1S/C9H24N2OSi/c1-6-10-9(12-13)11(7(2)3)8(4)5/h7-10H,6H2,1-5,13H3. The van der Waals surface area contributed by atoms with Crippen LogP contribution in [0.5, 0.6) is 0 Å². The molecule has 0 aliphatic heterocycles. The fourth-order valence-corrected chi connectivity index (χ4v) is 2.03. The van der Waals surface area contributed by atoms with Gasteiger partial charge in [0.2, 0.25) is 0 Å². The molecule has 0 saturated carbocycles. The average molecular weight is 204 g/mol. The first-order valence-electron chi connectivity index (χ1n) is 5.08. The maximum atomic E-state index is 5.53.